The van der Waals surface area contributed by atoms with E-state index in [1.54, 1.807) is 0 Å². The lowest BCUT2D eigenvalue weighted by Gasteiger charge is -2.18. The third-order valence-electron chi connectivity index (χ3n) is 9.62. The molecule has 2 heterocycles. The minimum Gasteiger partial charge on any atom is -0.309 e. The fraction of sp³-hybridized carbons (Fsp3) is 0. The van der Waals surface area contributed by atoms with E-state index in [9.17, 15) is 15.8 Å². The lowest BCUT2D eigenvalue weighted by atomic mass is 9.92. The van der Waals surface area contributed by atoms with E-state index in [1.807, 2.05) is 84.9 Å². The van der Waals surface area contributed by atoms with Crippen molar-refractivity contribution in [3.8, 4) is 51.8 Å². The lowest BCUT2D eigenvalue weighted by Crippen LogP contribution is -1.99. The van der Waals surface area contributed by atoms with E-state index >= 15 is 0 Å². The van der Waals surface area contributed by atoms with E-state index < -0.39 is 0 Å². The normalized spacial score (nSPS) is 11.1. The summed E-state index contributed by atoms with van der Waals surface area (Å²) in [6.07, 6.45) is 0. The molecule has 7 aromatic carbocycles. The van der Waals surface area contributed by atoms with Gasteiger partial charge in [0.15, 0.2) is 0 Å². The molecule has 50 heavy (non-hydrogen) atoms. The first-order chi connectivity index (χ1) is 24.7. The topological polar surface area (TPSA) is 81.2 Å². The number of nitriles is 3. The number of fused-ring (bicyclic) bond motifs is 6. The largest absolute Gasteiger partial charge is 0.309 e. The van der Waals surface area contributed by atoms with Gasteiger partial charge >= 0.3 is 0 Å². The van der Waals surface area contributed by atoms with E-state index in [-0.39, 0.29) is 0 Å². The van der Waals surface area contributed by atoms with Gasteiger partial charge in [-0.3, -0.25) is 0 Å². The molecule has 9 aromatic rings. The molecule has 9 rings (SSSR count). The van der Waals surface area contributed by atoms with Gasteiger partial charge in [0.25, 0.3) is 0 Å². The van der Waals surface area contributed by atoms with Crippen molar-refractivity contribution in [3.05, 3.63) is 168 Å². The Morgan fingerprint density at radius 1 is 0.400 bits per heavy atom. The molecule has 230 valence electrons. The Morgan fingerprint density at radius 3 is 1.80 bits per heavy atom. The highest BCUT2D eigenvalue weighted by atomic mass is 15.0. The Balaban J connectivity index is 1.29. The molecular weight excluding hydrogens is 611 g/mol. The fourth-order valence-corrected chi connectivity index (χ4v) is 7.48. The summed E-state index contributed by atoms with van der Waals surface area (Å²) in [5, 5.41) is 34.1. The van der Waals surface area contributed by atoms with E-state index in [1.165, 1.54) is 0 Å². The SMILES string of the molecule is N#Cc1ccc(-n2c3ccccc3c3cc(C#N)ccc32)c(-c2ccccc2-c2cccc(-n3c4ccccc4c4cccc(C#N)c43)c2)c1. The smallest absolute Gasteiger partial charge is 0.101 e. The van der Waals surface area contributed by atoms with Crippen LogP contribution in [0.2, 0.25) is 0 Å². The standard InChI is InChI=1S/C45H25N5/c46-26-29-19-21-43(50-42-18-6-4-15-37(42)40-24-30(27-47)20-22-44(40)50)39(23-29)35-13-2-1-12-34(35)31-9-7-11-33(25-31)49-41-17-5-3-14-36(41)38-16-8-10-32(28-48)45(38)49/h1-25H. The van der Waals surface area contributed by atoms with Crippen molar-refractivity contribution < 1.29 is 0 Å². The van der Waals surface area contributed by atoms with Crippen LogP contribution in [-0.4, -0.2) is 9.13 Å². The lowest BCUT2D eigenvalue weighted by molar-refractivity contribution is 1.17. The van der Waals surface area contributed by atoms with Gasteiger partial charge in [-0.2, -0.15) is 15.8 Å². The van der Waals surface area contributed by atoms with Crippen molar-refractivity contribution in [1.82, 2.24) is 9.13 Å². The maximum atomic E-state index is 10.1. The van der Waals surface area contributed by atoms with Crippen LogP contribution in [0, 0.1) is 34.0 Å². The van der Waals surface area contributed by atoms with Gasteiger partial charge < -0.3 is 9.13 Å². The van der Waals surface area contributed by atoms with E-state index in [2.05, 4.69) is 94.1 Å². The average Bonchev–Trinajstić information content (AvgIpc) is 3.70. The number of hydrogen-bond acceptors (Lipinski definition) is 3. The van der Waals surface area contributed by atoms with Crippen molar-refractivity contribution in [2.45, 2.75) is 0 Å². The Kier molecular flexibility index (Phi) is 6.56. The number of hydrogen-bond donors (Lipinski definition) is 0. The molecule has 0 aliphatic carbocycles. The van der Waals surface area contributed by atoms with Crippen LogP contribution in [0.1, 0.15) is 16.7 Å². The zero-order chi connectivity index (χ0) is 33.8. The van der Waals surface area contributed by atoms with Gasteiger partial charge in [0.05, 0.1) is 56.6 Å². The molecule has 0 saturated heterocycles. The molecule has 0 fully saturated rings. The number of benzene rings is 7. The van der Waals surface area contributed by atoms with Gasteiger partial charge in [0, 0.05) is 32.8 Å². The summed E-state index contributed by atoms with van der Waals surface area (Å²) in [5.74, 6) is 0. The Morgan fingerprint density at radius 2 is 1.02 bits per heavy atom. The van der Waals surface area contributed by atoms with Gasteiger partial charge in [-0.15, -0.1) is 0 Å². The molecule has 0 aliphatic heterocycles. The van der Waals surface area contributed by atoms with Gasteiger partial charge in [-0.25, -0.2) is 0 Å². The third kappa shape index (κ3) is 4.31. The first-order valence-electron chi connectivity index (χ1n) is 16.3. The van der Waals surface area contributed by atoms with Gasteiger partial charge in [-0.1, -0.05) is 84.9 Å². The third-order valence-corrected chi connectivity index (χ3v) is 9.62. The van der Waals surface area contributed by atoms with Crippen molar-refractivity contribution in [1.29, 1.82) is 15.8 Å². The minimum absolute atomic E-state index is 0.564. The van der Waals surface area contributed by atoms with Crippen LogP contribution in [0.15, 0.2) is 152 Å². The summed E-state index contributed by atoms with van der Waals surface area (Å²) in [5.41, 5.74) is 11.5. The molecule has 0 N–H and O–H groups in total. The highest BCUT2D eigenvalue weighted by Crippen LogP contribution is 2.41. The Labute approximate surface area is 287 Å². The fourth-order valence-electron chi connectivity index (χ4n) is 7.48. The predicted molar refractivity (Wildman–Crippen MR) is 200 cm³/mol. The summed E-state index contributed by atoms with van der Waals surface area (Å²) in [6, 6.07) is 57.8. The minimum atomic E-state index is 0.564. The van der Waals surface area contributed by atoms with Crippen LogP contribution in [-0.2, 0) is 0 Å². The molecular formula is C45H25N5. The van der Waals surface area contributed by atoms with Gasteiger partial charge in [0.2, 0.25) is 0 Å². The van der Waals surface area contributed by atoms with Crippen LogP contribution in [0.5, 0.6) is 0 Å². The first kappa shape index (κ1) is 28.8. The van der Waals surface area contributed by atoms with Gasteiger partial charge in [-0.05, 0) is 83.4 Å². The second-order valence-electron chi connectivity index (χ2n) is 12.3. The highest BCUT2D eigenvalue weighted by molar-refractivity contribution is 6.12. The summed E-state index contributed by atoms with van der Waals surface area (Å²) >= 11 is 0. The summed E-state index contributed by atoms with van der Waals surface area (Å²) in [4.78, 5) is 0. The van der Waals surface area contributed by atoms with Crippen molar-refractivity contribution >= 4 is 43.6 Å². The molecule has 0 aliphatic rings. The second kappa shape index (κ2) is 11.4. The Hall–Kier alpha value is -7.39. The van der Waals surface area contributed by atoms with Crippen molar-refractivity contribution in [3.63, 3.8) is 0 Å². The molecule has 0 bridgehead atoms. The van der Waals surface area contributed by atoms with E-state index in [0.29, 0.717) is 16.7 Å². The van der Waals surface area contributed by atoms with Crippen molar-refractivity contribution in [2.24, 2.45) is 0 Å². The van der Waals surface area contributed by atoms with E-state index in [0.717, 1.165) is 77.2 Å². The Bertz CT molecular complexity index is 2970. The number of para-hydroxylation sites is 3. The van der Waals surface area contributed by atoms with E-state index in [4.69, 9.17) is 0 Å². The van der Waals surface area contributed by atoms with Crippen LogP contribution in [0.3, 0.4) is 0 Å². The molecule has 0 unspecified atom stereocenters. The monoisotopic (exact) mass is 635 g/mol. The molecule has 0 radical (unpaired) electrons. The molecule has 5 nitrogen and oxygen atoms in total. The van der Waals surface area contributed by atoms with Crippen LogP contribution >= 0.6 is 0 Å². The second-order valence-corrected chi connectivity index (χ2v) is 12.3. The van der Waals surface area contributed by atoms with Crippen LogP contribution in [0.25, 0.3) is 77.2 Å². The summed E-state index contributed by atoms with van der Waals surface area (Å²) < 4.78 is 4.42. The molecule has 0 amide bonds. The zero-order valence-electron chi connectivity index (χ0n) is 26.7. The maximum absolute atomic E-state index is 10.1. The molecule has 2 aromatic heterocycles. The van der Waals surface area contributed by atoms with Crippen molar-refractivity contribution in [2.75, 3.05) is 0 Å². The number of aromatic nitrogens is 2. The molecule has 0 saturated carbocycles. The number of rotatable bonds is 4. The van der Waals surface area contributed by atoms with Crippen LogP contribution in [0.4, 0.5) is 0 Å². The van der Waals surface area contributed by atoms with Crippen LogP contribution < -0.4 is 0 Å². The average molecular weight is 636 g/mol. The maximum Gasteiger partial charge on any atom is 0.101 e. The summed E-state index contributed by atoms with van der Waals surface area (Å²) in [6.45, 7) is 0. The molecule has 0 atom stereocenters. The quantitative estimate of drug-likeness (QED) is 0.193. The van der Waals surface area contributed by atoms with Gasteiger partial charge in [0.1, 0.15) is 6.07 Å². The zero-order valence-corrected chi connectivity index (χ0v) is 26.7. The molecule has 5 heteroatoms. The predicted octanol–water partition coefficient (Wildman–Crippen LogP) is 10.8. The highest BCUT2D eigenvalue weighted by Gasteiger charge is 2.20. The summed E-state index contributed by atoms with van der Waals surface area (Å²) in [7, 11) is 0. The molecule has 0 spiro atoms. The number of nitrogens with zero attached hydrogens (tertiary/aromatic N) is 5. The first-order valence-corrected chi connectivity index (χ1v) is 16.3.